The topological polar surface area (TPSA) is 152 Å². The molecular weight excluding hydrogens is 678 g/mol. The van der Waals surface area contributed by atoms with Crippen LogP contribution in [0.15, 0.2) is 110 Å². The van der Waals surface area contributed by atoms with Crippen LogP contribution in [0, 0.1) is 6.92 Å². The number of aryl methyl sites for hydroxylation is 2. The third-order valence-electron chi connectivity index (χ3n) is 8.61. The highest BCUT2D eigenvalue weighted by Gasteiger charge is 2.56. The summed E-state index contributed by atoms with van der Waals surface area (Å²) in [5, 5.41) is 8.04. The van der Waals surface area contributed by atoms with E-state index in [-0.39, 0.29) is 11.6 Å². The third-order valence-corrected chi connectivity index (χ3v) is 8.61. The second-order valence-corrected chi connectivity index (χ2v) is 11.8. The van der Waals surface area contributed by atoms with Crippen LogP contribution in [0.3, 0.4) is 0 Å². The summed E-state index contributed by atoms with van der Waals surface area (Å²) in [5.41, 5.74) is 2.63. The molecule has 2 amide bonds. The highest BCUT2D eigenvalue weighted by atomic mass is 16.8. The lowest BCUT2D eigenvalue weighted by Crippen LogP contribution is -2.63. The smallest absolute Gasteiger partial charge is 0.286 e. The second-order valence-electron chi connectivity index (χ2n) is 11.8. The summed E-state index contributed by atoms with van der Waals surface area (Å²) in [6.45, 7) is 4.46. The number of pyridine rings is 1. The fraction of sp³-hybridized carbons (Fsp3) is 0.231. The van der Waals surface area contributed by atoms with Crippen molar-refractivity contribution in [1.82, 2.24) is 29.6 Å². The van der Waals surface area contributed by atoms with Crippen molar-refractivity contribution in [1.29, 1.82) is 0 Å². The molecule has 0 saturated heterocycles. The average molecular weight is 718 g/mol. The maximum Gasteiger partial charge on any atom is 0.286 e. The zero-order chi connectivity index (χ0) is 37.6. The zero-order valence-electron chi connectivity index (χ0n) is 30.1. The summed E-state index contributed by atoms with van der Waals surface area (Å²) in [6, 6.07) is 24.7. The van der Waals surface area contributed by atoms with Crippen LogP contribution in [0.1, 0.15) is 44.5 Å². The summed E-state index contributed by atoms with van der Waals surface area (Å²) in [6.07, 6.45) is 6.05. The number of carbonyl (C=O) groups excluding carboxylic acids is 2. The van der Waals surface area contributed by atoms with Crippen LogP contribution in [-0.2, 0) is 37.3 Å². The van der Waals surface area contributed by atoms with Crippen molar-refractivity contribution in [2.45, 2.75) is 32.2 Å². The van der Waals surface area contributed by atoms with Crippen LogP contribution in [0.2, 0.25) is 0 Å². The van der Waals surface area contributed by atoms with Gasteiger partial charge in [0.05, 0.1) is 23.3 Å². The lowest BCUT2D eigenvalue weighted by molar-refractivity contribution is -0.403. The molecule has 0 atom stereocenters. The molecule has 3 heterocycles. The molecule has 272 valence electrons. The minimum Gasteiger partial charge on any atom is -0.437 e. The molecule has 0 spiro atoms. The number of nitrogens with one attached hydrogen (secondary N) is 1. The molecule has 3 aromatic carbocycles. The fourth-order valence-electron chi connectivity index (χ4n) is 5.98. The van der Waals surface area contributed by atoms with Crippen LogP contribution in [-0.4, -0.2) is 69.9 Å². The number of ether oxygens (including phenoxy) is 5. The molecule has 0 aliphatic rings. The Morgan fingerprint density at radius 3 is 1.91 bits per heavy atom. The molecule has 1 N–H and O–H groups in total. The van der Waals surface area contributed by atoms with Gasteiger partial charge in [-0.1, -0.05) is 66.7 Å². The number of aromatic nitrogens is 5. The first-order valence-corrected chi connectivity index (χ1v) is 16.6. The number of fused-ring (bicyclic) bond motifs is 1. The quantitative estimate of drug-likeness (QED) is 0.127. The first kappa shape index (κ1) is 36.7. The molecular formula is C39H39N7O7. The Labute approximate surface area is 306 Å². The van der Waals surface area contributed by atoms with Crippen molar-refractivity contribution in [2.24, 2.45) is 0 Å². The van der Waals surface area contributed by atoms with E-state index in [4.69, 9.17) is 23.7 Å². The van der Waals surface area contributed by atoms with Gasteiger partial charge in [0, 0.05) is 64.1 Å². The van der Waals surface area contributed by atoms with E-state index < -0.39 is 23.6 Å². The first-order valence-electron chi connectivity index (χ1n) is 16.6. The van der Waals surface area contributed by atoms with Crippen molar-refractivity contribution in [2.75, 3.05) is 33.8 Å². The maximum absolute atomic E-state index is 14.8. The van der Waals surface area contributed by atoms with Crippen LogP contribution in [0.5, 0.6) is 11.6 Å². The summed E-state index contributed by atoms with van der Waals surface area (Å²) in [4.78, 5) is 42.5. The normalized spacial score (nSPS) is 11.7. The van der Waals surface area contributed by atoms with Gasteiger partial charge in [-0.15, -0.1) is 0 Å². The Hall–Kier alpha value is -6.06. The van der Waals surface area contributed by atoms with Crippen LogP contribution in [0.4, 0.5) is 5.82 Å². The highest BCUT2D eigenvalue weighted by Crippen LogP contribution is 2.43. The van der Waals surface area contributed by atoms with Crippen molar-refractivity contribution in [3.05, 3.63) is 138 Å². The maximum atomic E-state index is 14.8. The van der Waals surface area contributed by atoms with Crippen LogP contribution < -0.4 is 10.1 Å². The number of hydrogen-bond donors (Lipinski definition) is 1. The molecule has 0 aliphatic heterocycles. The molecule has 6 rings (SSSR count). The van der Waals surface area contributed by atoms with E-state index in [9.17, 15) is 9.59 Å². The van der Waals surface area contributed by atoms with Gasteiger partial charge in [0.1, 0.15) is 17.3 Å². The molecule has 0 bridgehead atoms. The minimum absolute atomic E-state index is 0.0528. The van der Waals surface area contributed by atoms with Gasteiger partial charge in [0.15, 0.2) is 0 Å². The van der Waals surface area contributed by atoms with Crippen molar-refractivity contribution >= 4 is 28.5 Å². The fourth-order valence-corrected chi connectivity index (χ4v) is 5.98. The number of rotatable bonds is 14. The Morgan fingerprint density at radius 1 is 0.774 bits per heavy atom. The Kier molecular flexibility index (Phi) is 10.9. The van der Waals surface area contributed by atoms with Crippen molar-refractivity contribution in [3.63, 3.8) is 0 Å². The molecule has 6 aromatic rings. The number of methoxy groups -OCH3 is 4. The molecule has 3 aromatic heterocycles. The van der Waals surface area contributed by atoms with Gasteiger partial charge in [0.25, 0.3) is 23.6 Å². The number of hydrogen-bond acceptors (Lipinski definition) is 11. The molecule has 53 heavy (non-hydrogen) atoms. The van der Waals surface area contributed by atoms with Crippen LogP contribution in [0.25, 0.3) is 10.9 Å². The lowest BCUT2D eigenvalue weighted by Gasteiger charge is -2.49. The van der Waals surface area contributed by atoms with E-state index in [0.717, 1.165) is 5.56 Å². The van der Waals surface area contributed by atoms with Crippen molar-refractivity contribution in [3.8, 4) is 11.6 Å². The number of amides is 2. The van der Waals surface area contributed by atoms with Gasteiger partial charge < -0.3 is 29.0 Å². The molecule has 14 nitrogen and oxygen atoms in total. The van der Waals surface area contributed by atoms with Gasteiger partial charge in [-0.05, 0) is 37.6 Å². The monoisotopic (exact) mass is 717 g/mol. The second kappa shape index (κ2) is 15.7. The minimum atomic E-state index is -1.88. The molecule has 14 heteroatoms. The number of nitrogens with zero attached hydrogens (tertiary/aromatic N) is 6. The summed E-state index contributed by atoms with van der Waals surface area (Å²) in [5.74, 6) is -4.10. The summed E-state index contributed by atoms with van der Waals surface area (Å²) >= 11 is 0. The number of benzene rings is 3. The molecule has 0 fully saturated rings. The van der Waals surface area contributed by atoms with Gasteiger partial charge in [-0.25, -0.2) is 19.9 Å². The third kappa shape index (κ3) is 7.08. The molecule has 0 aliphatic carbocycles. The van der Waals surface area contributed by atoms with E-state index in [2.05, 4.69) is 25.4 Å². The van der Waals surface area contributed by atoms with E-state index in [1.165, 1.54) is 45.7 Å². The van der Waals surface area contributed by atoms with Crippen LogP contribution >= 0.6 is 0 Å². The summed E-state index contributed by atoms with van der Waals surface area (Å²) in [7, 11) is 5.64. The van der Waals surface area contributed by atoms with E-state index in [1.807, 2.05) is 38.2 Å². The largest absolute Gasteiger partial charge is 0.437 e. The van der Waals surface area contributed by atoms with Gasteiger partial charge in [0.2, 0.25) is 5.88 Å². The average Bonchev–Trinajstić information content (AvgIpc) is 3.64. The Balaban J connectivity index is 1.38. The Morgan fingerprint density at radius 2 is 1.40 bits per heavy atom. The number of carbonyl (C=O) groups is 2. The predicted octanol–water partition coefficient (Wildman–Crippen LogP) is 6.24. The molecule has 0 saturated carbocycles. The SMILES string of the molecule is CCn1cc2c(Oc3cnc(C(=O)N(C(OC)(OC)c4ccccc4)C(OC)(OC)c4ccccc4)cn3)cc(C(=O)Nc3ccc(C)cn3)cc2n1. The predicted molar refractivity (Wildman–Crippen MR) is 195 cm³/mol. The molecule has 0 radical (unpaired) electrons. The Bertz CT molecular complexity index is 2120. The molecule has 0 unspecified atom stereocenters. The van der Waals surface area contributed by atoms with E-state index in [1.54, 1.807) is 77.6 Å². The first-order chi connectivity index (χ1) is 25.7. The number of anilines is 1. The van der Waals surface area contributed by atoms with Gasteiger partial charge in [-0.3, -0.25) is 14.3 Å². The van der Waals surface area contributed by atoms with Gasteiger partial charge in [-0.2, -0.15) is 5.10 Å². The highest BCUT2D eigenvalue weighted by molar-refractivity contribution is 6.06. The zero-order valence-corrected chi connectivity index (χ0v) is 30.1. The summed E-state index contributed by atoms with van der Waals surface area (Å²) < 4.78 is 32.1. The lowest BCUT2D eigenvalue weighted by atomic mass is 10.0. The standard InChI is InChI=1S/C39H39N7O7/c1-7-45-25-30-31(44-45)20-27(36(47)43-34-19-18-26(2)22-41-34)21-33(30)53-35-24-40-32(23-42-35)37(48)46(38(49-3,50-4)28-14-10-8-11-15-28)39(51-5,52-6)29-16-12-9-13-17-29/h8-25H,7H2,1-6H3,(H,41,43,47). The van der Waals surface area contributed by atoms with E-state index >= 15 is 0 Å². The van der Waals surface area contributed by atoms with Gasteiger partial charge >= 0.3 is 0 Å². The van der Waals surface area contributed by atoms with Crippen molar-refractivity contribution < 1.29 is 33.3 Å². The van der Waals surface area contributed by atoms with E-state index in [0.29, 0.717) is 45.7 Å².